The van der Waals surface area contributed by atoms with Crippen LogP contribution in [0.1, 0.15) is 44.2 Å². The summed E-state index contributed by atoms with van der Waals surface area (Å²) in [5.74, 6) is -0.129. The minimum absolute atomic E-state index is 0.0225. The molecule has 0 unspecified atom stereocenters. The first-order chi connectivity index (χ1) is 20.5. The Morgan fingerprint density at radius 2 is 1.58 bits per heavy atom. The lowest BCUT2D eigenvalue weighted by molar-refractivity contribution is -0.140. The number of sulfonamides is 1. The van der Waals surface area contributed by atoms with Crippen LogP contribution in [0.15, 0.2) is 71.6 Å². The van der Waals surface area contributed by atoms with E-state index in [-0.39, 0.29) is 23.0 Å². The molecular formula is C32H40ClN3O6S. The third-order valence-electron chi connectivity index (χ3n) is 7.02. The van der Waals surface area contributed by atoms with Crippen LogP contribution in [-0.2, 0) is 26.2 Å². The highest BCUT2D eigenvalue weighted by molar-refractivity contribution is 7.92. The van der Waals surface area contributed by atoms with Gasteiger partial charge in [-0.1, -0.05) is 61.7 Å². The van der Waals surface area contributed by atoms with Crippen LogP contribution in [0, 0.1) is 6.92 Å². The van der Waals surface area contributed by atoms with Crippen molar-refractivity contribution in [3.63, 3.8) is 0 Å². The number of unbranched alkanes of at least 4 members (excludes halogenated alkanes) is 1. The maximum Gasteiger partial charge on any atom is 0.264 e. The fourth-order valence-electron chi connectivity index (χ4n) is 4.56. The third kappa shape index (κ3) is 8.64. The van der Waals surface area contributed by atoms with Gasteiger partial charge in [-0.2, -0.15) is 0 Å². The number of carbonyl (C=O) groups is 2. The van der Waals surface area contributed by atoms with Crippen molar-refractivity contribution in [1.29, 1.82) is 0 Å². The highest BCUT2D eigenvalue weighted by atomic mass is 35.5. The van der Waals surface area contributed by atoms with Gasteiger partial charge in [0.05, 0.1) is 24.8 Å². The molecule has 0 saturated carbocycles. The number of aryl methyl sites for hydroxylation is 1. The van der Waals surface area contributed by atoms with Gasteiger partial charge >= 0.3 is 0 Å². The highest BCUT2D eigenvalue weighted by Crippen LogP contribution is 2.34. The van der Waals surface area contributed by atoms with E-state index in [1.165, 1.54) is 37.3 Å². The molecule has 1 atom stereocenters. The Balaban J connectivity index is 2.09. The van der Waals surface area contributed by atoms with E-state index in [4.69, 9.17) is 21.1 Å². The molecule has 0 heterocycles. The summed E-state index contributed by atoms with van der Waals surface area (Å²) in [6.07, 6.45) is 2.04. The van der Waals surface area contributed by atoms with E-state index in [0.717, 1.165) is 28.3 Å². The molecular weight excluding hydrogens is 590 g/mol. The van der Waals surface area contributed by atoms with Crippen molar-refractivity contribution >= 4 is 39.1 Å². The quantitative estimate of drug-likeness (QED) is 0.220. The molecule has 0 spiro atoms. The molecule has 11 heteroatoms. The van der Waals surface area contributed by atoms with E-state index in [1.54, 1.807) is 48.5 Å². The van der Waals surface area contributed by atoms with Crippen molar-refractivity contribution < 1.29 is 27.5 Å². The zero-order valence-electron chi connectivity index (χ0n) is 25.3. The maximum atomic E-state index is 14.2. The predicted molar refractivity (Wildman–Crippen MR) is 169 cm³/mol. The van der Waals surface area contributed by atoms with Crippen LogP contribution in [0.3, 0.4) is 0 Å². The van der Waals surface area contributed by atoms with Gasteiger partial charge in [-0.25, -0.2) is 8.42 Å². The number of methoxy groups -OCH3 is 2. The Morgan fingerprint density at radius 1 is 0.930 bits per heavy atom. The molecule has 0 radical (unpaired) electrons. The Morgan fingerprint density at radius 3 is 2.16 bits per heavy atom. The molecule has 9 nitrogen and oxygen atoms in total. The molecule has 0 bridgehead atoms. The second-order valence-electron chi connectivity index (χ2n) is 10.1. The van der Waals surface area contributed by atoms with Gasteiger partial charge < -0.3 is 19.7 Å². The molecule has 0 fully saturated rings. The van der Waals surface area contributed by atoms with E-state index in [0.29, 0.717) is 29.5 Å². The van der Waals surface area contributed by atoms with Crippen molar-refractivity contribution in [3.8, 4) is 11.5 Å². The summed E-state index contributed by atoms with van der Waals surface area (Å²) in [4.78, 5) is 29.0. The number of rotatable bonds is 15. The number of hydrogen-bond acceptors (Lipinski definition) is 6. The monoisotopic (exact) mass is 629 g/mol. The standard InChI is InChI=1S/C32H40ClN3O6S/c1-6-8-19-34-32(38)28(7-2)35(21-24-11-13-25(33)14-12-24)31(37)22-36(26-15-18-29(41-4)30(20-26)42-5)43(39,40)27-16-9-23(3)10-17-27/h9-18,20,28H,6-8,19,21-22H2,1-5H3,(H,34,38)/t28-/m0/s1. The number of anilines is 1. The maximum absolute atomic E-state index is 14.2. The van der Waals surface area contributed by atoms with E-state index >= 15 is 0 Å². The minimum atomic E-state index is -4.22. The van der Waals surface area contributed by atoms with Gasteiger partial charge in [0.15, 0.2) is 11.5 Å². The van der Waals surface area contributed by atoms with Crippen LogP contribution in [0.5, 0.6) is 11.5 Å². The summed E-state index contributed by atoms with van der Waals surface area (Å²) < 4.78 is 40.0. The molecule has 0 aliphatic carbocycles. The SMILES string of the molecule is CCCCNC(=O)[C@H](CC)N(Cc1ccc(Cl)cc1)C(=O)CN(c1ccc(OC)c(OC)c1)S(=O)(=O)c1ccc(C)cc1. The van der Waals surface area contributed by atoms with E-state index in [1.807, 2.05) is 20.8 Å². The summed E-state index contributed by atoms with van der Waals surface area (Å²) >= 11 is 6.09. The second kappa shape index (κ2) is 15.6. The molecule has 232 valence electrons. The van der Waals surface area contributed by atoms with Gasteiger partial charge in [-0.05, 0) is 61.7 Å². The lowest BCUT2D eigenvalue weighted by Crippen LogP contribution is -2.52. The summed E-state index contributed by atoms with van der Waals surface area (Å²) in [5, 5.41) is 3.46. The topological polar surface area (TPSA) is 105 Å². The molecule has 0 aliphatic rings. The summed E-state index contributed by atoms with van der Waals surface area (Å²) in [7, 11) is -1.30. The first kappa shape index (κ1) is 33.7. The molecule has 2 amide bonds. The summed E-state index contributed by atoms with van der Waals surface area (Å²) in [6, 6.07) is 17.2. The Bertz CT molecular complexity index is 1480. The Kier molecular flexibility index (Phi) is 12.3. The Hall–Kier alpha value is -3.76. The van der Waals surface area contributed by atoms with E-state index in [9.17, 15) is 18.0 Å². The highest BCUT2D eigenvalue weighted by Gasteiger charge is 2.34. The smallest absolute Gasteiger partial charge is 0.264 e. The van der Waals surface area contributed by atoms with Crippen LogP contribution in [-0.4, -0.2) is 58.5 Å². The number of carbonyl (C=O) groups excluding carboxylic acids is 2. The number of hydrogen-bond donors (Lipinski definition) is 1. The first-order valence-corrected chi connectivity index (χ1v) is 16.0. The molecule has 3 rings (SSSR count). The molecule has 43 heavy (non-hydrogen) atoms. The van der Waals surface area contributed by atoms with E-state index in [2.05, 4.69) is 5.32 Å². The fourth-order valence-corrected chi connectivity index (χ4v) is 6.09. The van der Waals surface area contributed by atoms with Crippen molar-refractivity contribution in [2.45, 2.75) is 57.5 Å². The Labute approximate surface area is 259 Å². The van der Waals surface area contributed by atoms with Gasteiger partial charge in [-0.3, -0.25) is 13.9 Å². The average molecular weight is 630 g/mol. The van der Waals surface area contributed by atoms with E-state index < -0.39 is 28.5 Å². The zero-order valence-corrected chi connectivity index (χ0v) is 26.9. The number of amides is 2. The molecule has 0 aliphatic heterocycles. The van der Waals surface area contributed by atoms with Crippen LogP contribution in [0.2, 0.25) is 5.02 Å². The summed E-state index contributed by atoms with van der Waals surface area (Å²) in [5.41, 5.74) is 1.84. The average Bonchev–Trinajstić information content (AvgIpc) is 3.00. The number of nitrogens with zero attached hydrogens (tertiary/aromatic N) is 2. The third-order valence-corrected chi connectivity index (χ3v) is 9.06. The zero-order chi connectivity index (χ0) is 31.6. The molecule has 0 aromatic heterocycles. The van der Waals surface area contributed by atoms with Gasteiger partial charge in [0.2, 0.25) is 11.8 Å². The van der Waals surface area contributed by atoms with Crippen LogP contribution < -0.4 is 19.1 Å². The largest absolute Gasteiger partial charge is 0.493 e. The summed E-state index contributed by atoms with van der Waals surface area (Å²) in [6.45, 7) is 5.71. The van der Waals surface area contributed by atoms with Crippen molar-refractivity contribution in [1.82, 2.24) is 10.2 Å². The minimum Gasteiger partial charge on any atom is -0.493 e. The molecule has 3 aromatic rings. The van der Waals surface area contributed by atoms with Gasteiger partial charge in [-0.15, -0.1) is 0 Å². The fraction of sp³-hybridized carbons (Fsp3) is 0.375. The van der Waals surface area contributed by atoms with Crippen molar-refractivity contribution in [2.24, 2.45) is 0 Å². The van der Waals surface area contributed by atoms with Crippen molar-refractivity contribution in [2.75, 3.05) is 31.6 Å². The number of nitrogens with one attached hydrogen (secondary N) is 1. The van der Waals surface area contributed by atoms with Crippen LogP contribution in [0.25, 0.3) is 0 Å². The van der Waals surface area contributed by atoms with Gasteiger partial charge in [0.1, 0.15) is 12.6 Å². The normalized spacial score (nSPS) is 11.9. The van der Waals surface area contributed by atoms with Crippen LogP contribution in [0.4, 0.5) is 5.69 Å². The van der Waals surface area contributed by atoms with Gasteiger partial charge in [0, 0.05) is 24.2 Å². The lowest BCUT2D eigenvalue weighted by Gasteiger charge is -2.33. The van der Waals surface area contributed by atoms with Gasteiger partial charge in [0.25, 0.3) is 10.0 Å². The van der Waals surface area contributed by atoms with Crippen molar-refractivity contribution in [3.05, 3.63) is 82.9 Å². The molecule has 0 saturated heterocycles. The lowest BCUT2D eigenvalue weighted by atomic mass is 10.1. The second-order valence-corrected chi connectivity index (χ2v) is 12.4. The number of ether oxygens (including phenoxy) is 2. The predicted octanol–water partition coefficient (Wildman–Crippen LogP) is 5.58. The molecule has 3 aromatic carbocycles. The number of halogens is 1. The van der Waals surface area contributed by atoms with Crippen LogP contribution >= 0.6 is 11.6 Å². The first-order valence-electron chi connectivity index (χ1n) is 14.2. The number of benzene rings is 3. The molecule has 1 N–H and O–H groups in total.